The number of unbranched alkanes of at least 4 members (excludes halogenated alkanes) is 5. The van der Waals surface area contributed by atoms with Gasteiger partial charge in [0.15, 0.2) is 0 Å². The Hall–Kier alpha value is -0.610. The monoisotopic (exact) mass is 284 g/mol. The molecule has 20 heavy (non-hydrogen) atoms. The van der Waals surface area contributed by atoms with Crippen LogP contribution < -0.4 is 5.32 Å². The normalized spacial score (nSPS) is 22.1. The van der Waals surface area contributed by atoms with Gasteiger partial charge in [-0.25, -0.2) is 0 Å². The third-order valence-corrected chi connectivity index (χ3v) is 4.05. The molecular weight excluding hydrogens is 252 g/mol. The number of amides is 1. The van der Waals surface area contributed by atoms with Gasteiger partial charge < -0.3 is 10.0 Å². The van der Waals surface area contributed by atoms with Gasteiger partial charge >= 0.3 is 0 Å². The van der Waals surface area contributed by atoms with Crippen molar-refractivity contribution in [3.8, 4) is 0 Å². The molecule has 2 atom stereocenters. The molecule has 0 bridgehead atoms. The van der Waals surface area contributed by atoms with Gasteiger partial charge in [-0.1, -0.05) is 46.0 Å². The van der Waals surface area contributed by atoms with Crippen LogP contribution in [0.5, 0.6) is 0 Å². The Morgan fingerprint density at radius 1 is 1.05 bits per heavy atom. The minimum atomic E-state index is -0.499. The summed E-state index contributed by atoms with van der Waals surface area (Å²) in [7, 11) is 0. The summed E-state index contributed by atoms with van der Waals surface area (Å²) in [5, 5.41) is 12.5. The molecule has 4 heteroatoms. The molecule has 2 N–H and O–H groups in total. The molecule has 1 saturated heterocycles. The maximum atomic E-state index is 12.5. The van der Waals surface area contributed by atoms with Gasteiger partial charge in [-0.05, 0) is 25.7 Å². The zero-order valence-corrected chi connectivity index (χ0v) is 13.2. The Labute approximate surface area is 123 Å². The number of nitrogens with zero attached hydrogens (tertiary/aromatic N) is 1. The summed E-state index contributed by atoms with van der Waals surface area (Å²) >= 11 is 0. The summed E-state index contributed by atoms with van der Waals surface area (Å²) in [5.74, 6) is 0.189. The highest BCUT2D eigenvalue weighted by Crippen LogP contribution is 2.14. The second-order valence-corrected chi connectivity index (χ2v) is 5.91. The largest absolute Gasteiger partial charge is 0.379 e. The van der Waals surface area contributed by atoms with Gasteiger partial charge in [0.1, 0.15) is 6.23 Å². The lowest BCUT2D eigenvalue weighted by Gasteiger charge is -2.26. The second kappa shape index (κ2) is 10.2. The predicted molar refractivity (Wildman–Crippen MR) is 82.4 cm³/mol. The van der Waals surface area contributed by atoms with Gasteiger partial charge in [0.05, 0.1) is 6.04 Å². The molecule has 0 aromatic rings. The zero-order valence-electron chi connectivity index (χ0n) is 13.2. The number of carbonyl (C=O) groups is 1. The highest BCUT2D eigenvalue weighted by atomic mass is 16.3. The first kappa shape index (κ1) is 17.4. The van der Waals surface area contributed by atoms with Gasteiger partial charge in [0.25, 0.3) is 0 Å². The van der Waals surface area contributed by atoms with Gasteiger partial charge in [-0.3, -0.25) is 10.1 Å². The minimum Gasteiger partial charge on any atom is -0.379 e. The standard InChI is InChI=1S/C16H32N2O2/c1-3-5-7-9-13-18(12-8-6-4-2)16(20)14-10-11-15(19)17-14/h14-15,17,19H,3-13H2,1-2H3/t14-,15?/m0/s1. The molecule has 0 saturated carbocycles. The second-order valence-electron chi connectivity index (χ2n) is 5.91. The molecule has 1 unspecified atom stereocenters. The summed E-state index contributed by atoms with van der Waals surface area (Å²) in [6.45, 7) is 6.13. The number of carbonyl (C=O) groups excluding carboxylic acids is 1. The summed E-state index contributed by atoms with van der Waals surface area (Å²) < 4.78 is 0. The topological polar surface area (TPSA) is 52.6 Å². The molecule has 1 rings (SSSR count). The number of hydrogen-bond donors (Lipinski definition) is 2. The van der Waals surface area contributed by atoms with Crippen LogP contribution in [-0.4, -0.2) is 41.3 Å². The van der Waals surface area contributed by atoms with Gasteiger partial charge in [0, 0.05) is 13.1 Å². The number of hydrogen-bond acceptors (Lipinski definition) is 3. The SMILES string of the molecule is CCCCCCN(CCCCC)C(=O)[C@@H]1CCC(O)N1. The highest BCUT2D eigenvalue weighted by Gasteiger charge is 2.30. The van der Waals surface area contributed by atoms with E-state index in [0.29, 0.717) is 6.42 Å². The molecule has 0 spiro atoms. The Morgan fingerprint density at radius 3 is 2.20 bits per heavy atom. The van der Waals surface area contributed by atoms with Crippen LogP contribution in [0.25, 0.3) is 0 Å². The van der Waals surface area contributed by atoms with Crippen molar-refractivity contribution in [3.05, 3.63) is 0 Å². The van der Waals surface area contributed by atoms with E-state index >= 15 is 0 Å². The first-order valence-electron chi connectivity index (χ1n) is 8.42. The zero-order chi connectivity index (χ0) is 14.8. The van der Waals surface area contributed by atoms with E-state index in [2.05, 4.69) is 19.2 Å². The summed E-state index contributed by atoms with van der Waals surface area (Å²) in [5.41, 5.74) is 0. The lowest BCUT2D eigenvalue weighted by molar-refractivity contribution is -0.133. The molecule has 0 aromatic heterocycles. The van der Waals surface area contributed by atoms with Crippen LogP contribution in [-0.2, 0) is 4.79 Å². The molecule has 0 aliphatic carbocycles. The molecular formula is C16H32N2O2. The Morgan fingerprint density at radius 2 is 1.65 bits per heavy atom. The maximum absolute atomic E-state index is 12.5. The van der Waals surface area contributed by atoms with Crippen molar-refractivity contribution < 1.29 is 9.90 Å². The van der Waals surface area contributed by atoms with E-state index in [1.54, 1.807) is 0 Å². The van der Waals surface area contributed by atoms with Crippen molar-refractivity contribution >= 4 is 5.91 Å². The lowest BCUT2D eigenvalue weighted by atomic mass is 10.1. The van der Waals surface area contributed by atoms with Crippen molar-refractivity contribution in [2.45, 2.75) is 83.9 Å². The van der Waals surface area contributed by atoms with Crippen LogP contribution >= 0.6 is 0 Å². The average molecular weight is 284 g/mol. The van der Waals surface area contributed by atoms with E-state index in [1.807, 2.05) is 4.90 Å². The smallest absolute Gasteiger partial charge is 0.239 e. The van der Waals surface area contributed by atoms with Crippen LogP contribution in [0.15, 0.2) is 0 Å². The summed E-state index contributed by atoms with van der Waals surface area (Å²) in [4.78, 5) is 14.5. The van der Waals surface area contributed by atoms with E-state index in [9.17, 15) is 9.90 Å². The fourth-order valence-electron chi connectivity index (χ4n) is 2.75. The van der Waals surface area contributed by atoms with Gasteiger partial charge in [-0.2, -0.15) is 0 Å². The molecule has 1 aliphatic heterocycles. The predicted octanol–water partition coefficient (Wildman–Crippen LogP) is 2.66. The minimum absolute atomic E-state index is 0.169. The van der Waals surface area contributed by atoms with Crippen LogP contribution in [0.4, 0.5) is 0 Å². The van der Waals surface area contributed by atoms with Crippen molar-refractivity contribution in [3.63, 3.8) is 0 Å². The van der Waals surface area contributed by atoms with E-state index < -0.39 is 6.23 Å². The molecule has 118 valence electrons. The van der Waals surface area contributed by atoms with Crippen LogP contribution in [0.3, 0.4) is 0 Å². The number of aliphatic hydroxyl groups excluding tert-OH is 1. The highest BCUT2D eigenvalue weighted by molar-refractivity contribution is 5.82. The van der Waals surface area contributed by atoms with Crippen molar-refractivity contribution in [1.29, 1.82) is 0 Å². The van der Waals surface area contributed by atoms with Crippen molar-refractivity contribution in [1.82, 2.24) is 10.2 Å². The fourth-order valence-corrected chi connectivity index (χ4v) is 2.75. The third-order valence-electron chi connectivity index (χ3n) is 4.05. The van der Waals surface area contributed by atoms with E-state index in [4.69, 9.17) is 0 Å². The third kappa shape index (κ3) is 6.23. The Bertz CT molecular complexity index is 271. The molecule has 1 amide bonds. The fraction of sp³-hybridized carbons (Fsp3) is 0.938. The first-order chi connectivity index (χ1) is 9.69. The molecule has 1 aliphatic rings. The average Bonchev–Trinajstić information content (AvgIpc) is 2.87. The molecule has 0 aromatic carbocycles. The molecule has 1 fully saturated rings. The van der Waals surface area contributed by atoms with Crippen molar-refractivity contribution in [2.24, 2.45) is 0 Å². The van der Waals surface area contributed by atoms with E-state index in [1.165, 1.54) is 32.1 Å². The van der Waals surface area contributed by atoms with E-state index in [-0.39, 0.29) is 11.9 Å². The number of nitrogens with one attached hydrogen (secondary N) is 1. The summed E-state index contributed by atoms with van der Waals surface area (Å²) in [6, 6.07) is -0.169. The first-order valence-corrected chi connectivity index (χ1v) is 8.42. The molecule has 4 nitrogen and oxygen atoms in total. The van der Waals surface area contributed by atoms with Crippen LogP contribution in [0.1, 0.15) is 71.6 Å². The number of aliphatic hydroxyl groups is 1. The maximum Gasteiger partial charge on any atom is 0.239 e. The lowest BCUT2D eigenvalue weighted by Crippen LogP contribution is -2.46. The number of rotatable bonds is 10. The quantitative estimate of drug-likeness (QED) is 0.606. The Kier molecular flexibility index (Phi) is 8.86. The van der Waals surface area contributed by atoms with E-state index in [0.717, 1.165) is 32.4 Å². The van der Waals surface area contributed by atoms with Crippen LogP contribution in [0, 0.1) is 0 Å². The summed E-state index contributed by atoms with van der Waals surface area (Å²) in [6.07, 6.45) is 9.17. The van der Waals surface area contributed by atoms with Crippen LogP contribution in [0.2, 0.25) is 0 Å². The Balaban J connectivity index is 2.40. The molecule has 1 heterocycles. The van der Waals surface area contributed by atoms with Crippen molar-refractivity contribution in [2.75, 3.05) is 13.1 Å². The van der Waals surface area contributed by atoms with Gasteiger partial charge in [-0.15, -0.1) is 0 Å². The molecule has 0 radical (unpaired) electrons. The van der Waals surface area contributed by atoms with Gasteiger partial charge in [0.2, 0.25) is 5.91 Å².